The quantitative estimate of drug-likeness (QED) is 0.0952. The van der Waals surface area contributed by atoms with Gasteiger partial charge in [0.05, 0.1) is 10.6 Å². The van der Waals surface area contributed by atoms with Crippen molar-refractivity contribution < 1.29 is 27.4 Å². The second kappa shape index (κ2) is 13.0. The number of ether oxygens (including phenoxy) is 2. The summed E-state index contributed by atoms with van der Waals surface area (Å²) in [4.78, 5) is 12.6. The van der Waals surface area contributed by atoms with Gasteiger partial charge in [0.25, 0.3) is 0 Å². The normalized spacial score (nSPS) is 16.9. The molecule has 8 heteroatoms. The van der Waals surface area contributed by atoms with E-state index in [4.69, 9.17) is 32.7 Å². The third-order valence-electron chi connectivity index (χ3n) is 6.61. The monoisotopic (exact) mass is 564 g/mol. The van der Waals surface area contributed by atoms with Gasteiger partial charge in [0.15, 0.2) is 6.10 Å². The van der Waals surface area contributed by atoms with E-state index in [1.807, 2.05) is 6.07 Å². The molecule has 0 N–H and O–H groups in total. The summed E-state index contributed by atoms with van der Waals surface area (Å²) < 4.78 is 51.0. The van der Waals surface area contributed by atoms with Crippen molar-refractivity contribution in [2.24, 2.45) is 0 Å². The number of hydrogen-bond donors (Lipinski definition) is 0. The Balaban J connectivity index is 1.30. The summed E-state index contributed by atoms with van der Waals surface area (Å²) >= 11 is 11.9. The van der Waals surface area contributed by atoms with E-state index in [0.29, 0.717) is 17.0 Å². The molecule has 0 spiro atoms. The Labute approximate surface area is 230 Å². The molecule has 0 saturated carbocycles. The van der Waals surface area contributed by atoms with Gasteiger partial charge in [-0.15, -0.1) is 0 Å². The van der Waals surface area contributed by atoms with E-state index in [1.54, 1.807) is 0 Å². The van der Waals surface area contributed by atoms with Crippen LogP contribution in [0.5, 0.6) is 5.75 Å². The van der Waals surface area contributed by atoms with Gasteiger partial charge in [0.2, 0.25) is 0 Å². The Morgan fingerprint density at radius 1 is 0.842 bits per heavy atom. The molecule has 0 aromatic heterocycles. The van der Waals surface area contributed by atoms with Crippen LogP contribution < -0.4 is 4.74 Å². The molecule has 0 unspecified atom stereocenters. The van der Waals surface area contributed by atoms with Gasteiger partial charge in [-0.1, -0.05) is 85.3 Å². The van der Waals surface area contributed by atoms with Gasteiger partial charge in [-0.25, -0.2) is 4.79 Å². The molecule has 3 aromatic carbocycles. The largest absolute Gasteiger partial charge is 0.423 e. The Hall–Kier alpha value is -2.54. The van der Waals surface area contributed by atoms with Gasteiger partial charge in [-0.05, 0) is 72.7 Å². The number of epoxide rings is 1. The van der Waals surface area contributed by atoms with Crippen molar-refractivity contribution in [2.75, 3.05) is 0 Å². The maximum atomic E-state index is 13.4. The number of benzene rings is 3. The van der Waals surface area contributed by atoms with Crippen molar-refractivity contribution in [3.63, 3.8) is 0 Å². The maximum absolute atomic E-state index is 13.4. The van der Waals surface area contributed by atoms with Gasteiger partial charge in [-0.2, -0.15) is 13.2 Å². The minimum absolute atomic E-state index is 0.114. The zero-order valence-electron chi connectivity index (χ0n) is 20.8. The number of carbonyl (C=O) groups excluding carboxylic acids is 1. The highest BCUT2D eigenvalue weighted by Gasteiger charge is 2.49. The Morgan fingerprint density at radius 3 is 2.21 bits per heavy atom. The van der Waals surface area contributed by atoms with Gasteiger partial charge in [0.1, 0.15) is 11.9 Å². The Bertz CT molecular complexity index is 1230. The molecule has 0 radical (unpaired) electrons. The van der Waals surface area contributed by atoms with Gasteiger partial charge >= 0.3 is 12.1 Å². The summed E-state index contributed by atoms with van der Waals surface area (Å²) in [5.74, 6) is -0.596. The van der Waals surface area contributed by atoms with Crippen molar-refractivity contribution in [2.45, 2.75) is 69.8 Å². The van der Waals surface area contributed by atoms with E-state index >= 15 is 0 Å². The van der Waals surface area contributed by atoms with Gasteiger partial charge in [0, 0.05) is 5.02 Å². The first-order chi connectivity index (χ1) is 18.2. The fraction of sp³-hybridized carbons (Fsp3) is 0.367. The van der Waals surface area contributed by atoms with Crippen molar-refractivity contribution in [1.29, 1.82) is 0 Å². The number of alkyl halides is 3. The van der Waals surface area contributed by atoms with Crippen LogP contribution >= 0.6 is 23.2 Å². The lowest BCUT2D eigenvalue weighted by Gasteiger charge is -2.13. The molecule has 1 aliphatic heterocycles. The maximum Gasteiger partial charge on any atom is 0.416 e. The van der Waals surface area contributed by atoms with Crippen molar-refractivity contribution >= 4 is 29.2 Å². The van der Waals surface area contributed by atoms with Gasteiger partial charge < -0.3 is 9.47 Å². The van der Waals surface area contributed by atoms with E-state index in [0.717, 1.165) is 62.6 Å². The van der Waals surface area contributed by atoms with Crippen LogP contribution in [0.2, 0.25) is 10.0 Å². The van der Waals surface area contributed by atoms with Crippen molar-refractivity contribution in [1.82, 2.24) is 0 Å². The van der Waals surface area contributed by atoms with Crippen LogP contribution in [0.1, 0.15) is 66.9 Å². The smallest absolute Gasteiger partial charge is 0.416 e. The molecule has 0 amide bonds. The second-order valence-electron chi connectivity index (χ2n) is 9.49. The second-order valence-corrected chi connectivity index (χ2v) is 10.3. The highest BCUT2D eigenvalue weighted by Crippen LogP contribution is 2.44. The first-order valence-corrected chi connectivity index (χ1v) is 13.5. The van der Waals surface area contributed by atoms with E-state index in [9.17, 15) is 18.0 Å². The summed E-state index contributed by atoms with van der Waals surface area (Å²) in [5, 5.41) is 0.541. The molecular formula is C30H29Cl2F3O3. The zero-order valence-corrected chi connectivity index (χ0v) is 22.3. The molecule has 0 bridgehead atoms. The van der Waals surface area contributed by atoms with Crippen LogP contribution in [-0.4, -0.2) is 12.1 Å². The summed E-state index contributed by atoms with van der Waals surface area (Å²) in [6.45, 7) is 0. The fourth-order valence-electron chi connectivity index (χ4n) is 4.51. The Morgan fingerprint density at radius 2 is 1.53 bits per heavy atom. The van der Waals surface area contributed by atoms with Crippen LogP contribution in [0.3, 0.4) is 0 Å². The lowest BCUT2D eigenvalue weighted by molar-refractivity contribution is -0.137. The van der Waals surface area contributed by atoms with Crippen LogP contribution in [0.15, 0.2) is 66.7 Å². The van der Waals surface area contributed by atoms with Crippen LogP contribution in [0, 0.1) is 0 Å². The lowest BCUT2D eigenvalue weighted by Crippen LogP contribution is -2.16. The standard InChI is InChI=1S/C30H29Cl2F3O3/c31-23-16-17-26(25(32)19-23)37-29(36)28-27(38-28)24-18-22(30(33,34)35)15-14-21(24)13-9-4-2-1-3-6-10-20-11-7-5-8-12-20/h5,7-8,11-12,14-19,27-28H,1-4,6,9-10,13H2/t27-,28-/m1/s1. The van der Waals surface area contributed by atoms with Gasteiger partial charge in [-0.3, -0.25) is 0 Å². The summed E-state index contributed by atoms with van der Waals surface area (Å²) in [6, 6.07) is 18.5. The SMILES string of the molecule is O=C(Oc1ccc(Cl)cc1Cl)[C@@H]1O[C@@H]1c1cc(C(F)(F)F)ccc1CCCCCCCCc1ccccc1. The number of unbranched alkanes of at least 4 members (excludes halogenated alkanes) is 5. The molecule has 4 rings (SSSR count). The number of hydrogen-bond acceptors (Lipinski definition) is 3. The predicted octanol–water partition coefficient (Wildman–Crippen LogP) is 9.18. The van der Waals surface area contributed by atoms with Crippen molar-refractivity contribution in [3.05, 3.63) is 99.0 Å². The number of halogens is 5. The number of carbonyl (C=O) groups is 1. The fourth-order valence-corrected chi connectivity index (χ4v) is 4.96. The third-order valence-corrected chi connectivity index (χ3v) is 7.14. The molecule has 1 heterocycles. The first-order valence-electron chi connectivity index (χ1n) is 12.8. The molecule has 2 atom stereocenters. The van der Waals surface area contributed by atoms with E-state index < -0.39 is 29.9 Å². The molecule has 1 saturated heterocycles. The molecular weight excluding hydrogens is 536 g/mol. The Kier molecular flexibility index (Phi) is 9.74. The summed E-state index contributed by atoms with van der Waals surface area (Å²) in [5.41, 5.74) is 1.72. The molecule has 3 nitrogen and oxygen atoms in total. The average molecular weight is 565 g/mol. The van der Waals surface area contributed by atoms with Crippen molar-refractivity contribution in [3.8, 4) is 5.75 Å². The summed E-state index contributed by atoms with van der Waals surface area (Å²) in [6.07, 6.45) is 1.74. The number of rotatable bonds is 12. The lowest BCUT2D eigenvalue weighted by atomic mass is 9.95. The number of aryl methyl sites for hydroxylation is 2. The summed E-state index contributed by atoms with van der Waals surface area (Å²) in [7, 11) is 0. The zero-order chi connectivity index (χ0) is 27.1. The highest BCUT2D eigenvalue weighted by molar-refractivity contribution is 6.35. The highest BCUT2D eigenvalue weighted by atomic mass is 35.5. The van der Waals surface area contributed by atoms with E-state index in [2.05, 4.69) is 24.3 Å². The molecule has 3 aromatic rings. The molecule has 38 heavy (non-hydrogen) atoms. The van der Waals surface area contributed by atoms with E-state index in [-0.39, 0.29) is 10.8 Å². The topological polar surface area (TPSA) is 38.8 Å². The molecule has 202 valence electrons. The first kappa shape index (κ1) is 28.5. The minimum atomic E-state index is -4.49. The molecule has 1 fully saturated rings. The third kappa shape index (κ3) is 7.98. The molecule has 0 aliphatic carbocycles. The number of esters is 1. The molecule has 1 aliphatic rings. The van der Waals surface area contributed by atoms with E-state index in [1.165, 1.54) is 29.8 Å². The minimum Gasteiger partial charge on any atom is -0.423 e. The van der Waals surface area contributed by atoms with Crippen LogP contribution in [0.4, 0.5) is 13.2 Å². The average Bonchev–Trinajstić information content (AvgIpc) is 3.68. The van der Waals surface area contributed by atoms with Crippen LogP contribution in [-0.2, 0) is 28.5 Å². The van der Waals surface area contributed by atoms with Crippen LogP contribution in [0.25, 0.3) is 0 Å². The predicted molar refractivity (Wildman–Crippen MR) is 143 cm³/mol.